The Hall–Kier alpha value is -3.13. The van der Waals surface area contributed by atoms with Crippen molar-refractivity contribution < 1.29 is 27.5 Å². The summed E-state index contributed by atoms with van der Waals surface area (Å²) in [4.78, 5) is 0.156. The highest BCUT2D eigenvalue weighted by atomic mass is 35.5. The summed E-state index contributed by atoms with van der Waals surface area (Å²) in [6.07, 6.45) is 0.314. The van der Waals surface area contributed by atoms with E-state index in [1.165, 1.54) is 17.7 Å². The molecule has 3 rings (SSSR count). The minimum atomic E-state index is -3.52. The smallest absolute Gasteiger partial charge is 0.238 e. The van der Waals surface area contributed by atoms with E-state index < -0.39 is 16.1 Å². The van der Waals surface area contributed by atoms with Crippen LogP contribution >= 0.6 is 12.4 Å². The number of para-hydroxylation sites is 1. The van der Waals surface area contributed by atoms with Crippen LogP contribution in [0.25, 0.3) is 0 Å². The number of methoxy groups -OCH3 is 1. The molecule has 0 radical (unpaired) electrons. The van der Waals surface area contributed by atoms with Crippen LogP contribution in [0.1, 0.15) is 16.7 Å². The Labute approximate surface area is 232 Å². The Morgan fingerprint density at radius 2 is 1.63 bits per heavy atom. The van der Waals surface area contributed by atoms with Gasteiger partial charge in [-0.3, -0.25) is 0 Å². The molecule has 0 spiro atoms. The van der Waals surface area contributed by atoms with Crippen LogP contribution in [0.5, 0.6) is 11.5 Å². The van der Waals surface area contributed by atoms with Crippen LogP contribution in [0, 0.1) is 18.3 Å². The van der Waals surface area contributed by atoms with Crippen molar-refractivity contribution in [3.63, 3.8) is 0 Å². The van der Waals surface area contributed by atoms with Crippen molar-refractivity contribution in [2.75, 3.05) is 40.9 Å². The van der Waals surface area contributed by atoms with Gasteiger partial charge in [0.1, 0.15) is 36.8 Å². The van der Waals surface area contributed by atoms with Gasteiger partial charge < -0.3 is 19.1 Å². The number of ether oxygens (including phenoxy) is 2. The van der Waals surface area contributed by atoms with Crippen LogP contribution < -0.4 is 14.6 Å². The quantitative estimate of drug-likeness (QED) is 0.363. The molecule has 38 heavy (non-hydrogen) atoms. The fraction of sp³-hybridized carbons (Fsp3) is 0.321. The second-order valence-corrected chi connectivity index (χ2v) is 10.9. The summed E-state index contributed by atoms with van der Waals surface area (Å²) in [5, 5.41) is 24.3. The molecule has 1 atom stereocenters. The van der Waals surface area contributed by atoms with Crippen LogP contribution in [0.4, 0.5) is 0 Å². The number of primary sulfonamides is 1. The lowest BCUT2D eigenvalue weighted by Gasteiger charge is -2.32. The van der Waals surface area contributed by atoms with Gasteiger partial charge in [0.25, 0.3) is 0 Å². The number of nitrogens with zero attached hydrogens (tertiary/aromatic N) is 2. The first kappa shape index (κ1) is 32.9. The van der Waals surface area contributed by atoms with Crippen LogP contribution in [0.3, 0.4) is 0 Å². The third-order valence-corrected chi connectivity index (χ3v) is 6.59. The number of hydrogen-bond acceptors (Lipinski definition) is 6. The molecule has 3 aromatic carbocycles. The number of nitrogens with two attached hydrogens (primary N) is 1. The number of likely N-dealkylation sites (N-methyl/N-ethyl adjacent to an activating group) is 1. The number of benzene rings is 3. The predicted molar refractivity (Wildman–Crippen MR) is 151 cm³/mol. The summed E-state index contributed by atoms with van der Waals surface area (Å²) in [6, 6.07) is 23.6. The number of aryl methyl sites for hydroxylation is 1. The molecule has 0 bridgehead atoms. The highest BCUT2D eigenvalue weighted by Gasteiger charge is 2.21. The predicted octanol–water partition coefficient (Wildman–Crippen LogP) is 3.69. The second kappa shape index (κ2) is 15.3. The van der Waals surface area contributed by atoms with Gasteiger partial charge in [-0.2, -0.15) is 5.26 Å². The molecule has 1 unspecified atom stereocenters. The maximum Gasteiger partial charge on any atom is 0.238 e. The van der Waals surface area contributed by atoms with Gasteiger partial charge in [-0.15, -0.1) is 12.4 Å². The molecule has 0 saturated carbocycles. The molecule has 0 aliphatic rings. The highest BCUT2D eigenvalue weighted by molar-refractivity contribution is 7.89. The van der Waals surface area contributed by atoms with E-state index in [2.05, 4.69) is 32.3 Å². The Morgan fingerprint density at radius 1 is 1.03 bits per heavy atom. The highest BCUT2D eigenvalue weighted by Crippen LogP contribution is 2.17. The first-order valence-corrected chi connectivity index (χ1v) is 13.3. The number of quaternary nitrogens is 1. The molecule has 3 N–H and O–H groups in total. The van der Waals surface area contributed by atoms with Crippen molar-refractivity contribution in [1.29, 1.82) is 5.26 Å². The molecule has 0 fully saturated rings. The molecule has 206 valence electrons. The lowest BCUT2D eigenvalue weighted by atomic mass is 10.1. The number of hydrogen-bond donors (Lipinski definition) is 2. The van der Waals surface area contributed by atoms with Crippen molar-refractivity contribution in [3.05, 3.63) is 89.5 Å². The van der Waals surface area contributed by atoms with Gasteiger partial charge in [0.05, 0.1) is 38.2 Å². The molecule has 0 aliphatic heterocycles. The zero-order chi connectivity index (χ0) is 27.5. The molecule has 0 saturated heterocycles. The van der Waals surface area contributed by atoms with Crippen molar-refractivity contribution in [2.24, 2.45) is 5.14 Å². The molecule has 3 aromatic rings. The minimum absolute atomic E-state index is 0. The van der Waals surface area contributed by atoms with Crippen LogP contribution in [0.2, 0.25) is 0 Å². The van der Waals surface area contributed by atoms with Crippen molar-refractivity contribution >= 4 is 22.4 Å². The number of sulfonamides is 1. The maximum atomic E-state index is 10.7. The normalized spacial score (nSPS) is 11.7. The standard InChI is InChI=1S/C21H27N2O3.C7H9NO2S.ClH/c1-23(2,13-12-17-8-10-20(25-3)11-9-17)15-19(24)16-26-21-7-5-4-6-18(21)14-22;1-6-2-4-7(5-3-6)11(8,9)10;/h4-11,19,24H,12-13,15-16H2,1-3H3;2-5H,1H3,(H2,8,9,10);1H/q+1;;. The Balaban J connectivity index is 0.000000505. The second-order valence-electron chi connectivity index (χ2n) is 9.37. The molecular formula is C28H37ClN3O5S+. The van der Waals surface area contributed by atoms with Crippen molar-refractivity contribution in [3.8, 4) is 17.6 Å². The summed E-state index contributed by atoms with van der Waals surface area (Å²) in [5.74, 6) is 1.37. The molecular weight excluding hydrogens is 526 g/mol. The molecule has 0 amide bonds. The van der Waals surface area contributed by atoms with E-state index in [0.717, 1.165) is 24.3 Å². The van der Waals surface area contributed by atoms with Crippen LogP contribution in [0.15, 0.2) is 77.7 Å². The zero-order valence-corrected chi connectivity index (χ0v) is 23.8. The Kier molecular flexibility index (Phi) is 13.3. The summed E-state index contributed by atoms with van der Waals surface area (Å²) in [7, 11) is 2.33. The summed E-state index contributed by atoms with van der Waals surface area (Å²) in [6.45, 7) is 3.53. The fourth-order valence-corrected chi connectivity index (χ4v) is 4.05. The first-order chi connectivity index (χ1) is 17.4. The molecule has 10 heteroatoms. The van der Waals surface area contributed by atoms with Gasteiger partial charge >= 0.3 is 0 Å². The van der Waals surface area contributed by atoms with Gasteiger partial charge in [0.15, 0.2) is 0 Å². The lowest BCUT2D eigenvalue weighted by Crippen LogP contribution is -2.48. The van der Waals surface area contributed by atoms with Crippen LogP contribution in [-0.2, 0) is 16.4 Å². The zero-order valence-electron chi connectivity index (χ0n) is 22.2. The van der Waals surface area contributed by atoms with E-state index in [4.69, 9.17) is 19.9 Å². The van der Waals surface area contributed by atoms with Crippen molar-refractivity contribution in [1.82, 2.24) is 0 Å². The van der Waals surface area contributed by atoms with Crippen LogP contribution in [-0.4, -0.2) is 65.0 Å². The average molecular weight is 563 g/mol. The van der Waals surface area contributed by atoms with E-state index >= 15 is 0 Å². The molecule has 0 heterocycles. The van der Waals surface area contributed by atoms with Gasteiger partial charge in [-0.25, -0.2) is 13.6 Å². The number of nitriles is 1. The first-order valence-electron chi connectivity index (χ1n) is 11.8. The largest absolute Gasteiger partial charge is 0.497 e. The molecule has 0 aliphatic carbocycles. The average Bonchev–Trinajstić information content (AvgIpc) is 2.86. The fourth-order valence-electron chi connectivity index (χ4n) is 3.54. The van der Waals surface area contributed by atoms with Gasteiger partial charge in [-0.1, -0.05) is 42.0 Å². The Morgan fingerprint density at radius 3 is 2.18 bits per heavy atom. The monoisotopic (exact) mass is 562 g/mol. The molecule has 8 nitrogen and oxygen atoms in total. The third-order valence-electron chi connectivity index (χ3n) is 5.66. The van der Waals surface area contributed by atoms with E-state index in [1.807, 2.05) is 25.1 Å². The van der Waals surface area contributed by atoms with E-state index in [0.29, 0.717) is 22.3 Å². The van der Waals surface area contributed by atoms with Gasteiger partial charge in [0.2, 0.25) is 10.0 Å². The number of aliphatic hydroxyl groups excluding tert-OH is 1. The topological polar surface area (TPSA) is 123 Å². The van der Waals surface area contributed by atoms with Gasteiger partial charge in [-0.05, 0) is 48.9 Å². The summed E-state index contributed by atoms with van der Waals surface area (Å²) in [5.41, 5.74) is 2.73. The maximum absolute atomic E-state index is 10.7. The van der Waals surface area contributed by atoms with Gasteiger partial charge in [0, 0.05) is 6.42 Å². The third kappa shape index (κ3) is 11.5. The number of aliphatic hydroxyl groups is 1. The van der Waals surface area contributed by atoms with E-state index in [9.17, 15) is 13.5 Å². The van der Waals surface area contributed by atoms with E-state index in [1.54, 1.807) is 37.4 Å². The lowest BCUT2D eigenvalue weighted by molar-refractivity contribution is -0.893. The van der Waals surface area contributed by atoms with E-state index in [-0.39, 0.29) is 23.9 Å². The Bertz CT molecular complexity index is 1280. The summed E-state index contributed by atoms with van der Waals surface area (Å²) < 4.78 is 32.9. The number of rotatable bonds is 10. The van der Waals surface area contributed by atoms with Crippen molar-refractivity contribution in [2.45, 2.75) is 24.3 Å². The minimum Gasteiger partial charge on any atom is -0.497 e. The molecule has 0 aromatic heterocycles. The summed E-state index contributed by atoms with van der Waals surface area (Å²) >= 11 is 0. The SMILES string of the molecule is COc1ccc(CC[N+](C)(C)CC(O)COc2ccccc2C#N)cc1.Cc1ccc(S(N)(=O)=O)cc1.Cl. The number of halogens is 1.